The summed E-state index contributed by atoms with van der Waals surface area (Å²) in [4.78, 5) is 24.6. The second kappa shape index (κ2) is 8.01. The summed E-state index contributed by atoms with van der Waals surface area (Å²) >= 11 is 6.19. The Bertz CT molecular complexity index is 1040. The first kappa shape index (κ1) is 18.6. The van der Waals surface area contributed by atoms with Crippen molar-refractivity contribution in [3.8, 4) is 5.69 Å². The summed E-state index contributed by atoms with van der Waals surface area (Å²) in [7, 11) is 1.25. The van der Waals surface area contributed by atoms with Crippen LogP contribution in [0.4, 0.5) is 10.1 Å². The highest BCUT2D eigenvalue weighted by atomic mass is 35.5. The summed E-state index contributed by atoms with van der Waals surface area (Å²) in [6.45, 7) is 0.337. The maximum atomic E-state index is 13.0. The molecule has 0 unspecified atom stereocenters. The number of para-hydroxylation sites is 1. The third kappa shape index (κ3) is 3.98. The van der Waals surface area contributed by atoms with E-state index in [4.69, 9.17) is 16.3 Å². The van der Waals surface area contributed by atoms with Gasteiger partial charge < -0.3 is 10.1 Å². The van der Waals surface area contributed by atoms with Gasteiger partial charge in [-0.1, -0.05) is 35.9 Å². The van der Waals surface area contributed by atoms with E-state index in [0.29, 0.717) is 12.2 Å². The van der Waals surface area contributed by atoms with E-state index in [2.05, 4.69) is 10.4 Å². The van der Waals surface area contributed by atoms with E-state index in [1.807, 2.05) is 0 Å². The van der Waals surface area contributed by atoms with E-state index in [-0.39, 0.29) is 22.1 Å². The second-order valence-corrected chi connectivity index (χ2v) is 5.96. The largest absolute Gasteiger partial charge is 0.465 e. The molecule has 6 nitrogen and oxygen atoms in total. The Labute approximate surface area is 159 Å². The van der Waals surface area contributed by atoms with Gasteiger partial charge >= 0.3 is 5.97 Å². The van der Waals surface area contributed by atoms with Crippen molar-refractivity contribution in [1.29, 1.82) is 0 Å². The zero-order valence-corrected chi connectivity index (χ0v) is 15.0. The van der Waals surface area contributed by atoms with E-state index < -0.39 is 11.5 Å². The predicted molar refractivity (Wildman–Crippen MR) is 99.9 cm³/mol. The first-order valence-corrected chi connectivity index (χ1v) is 8.33. The van der Waals surface area contributed by atoms with Crippen LogP contribution in [0.2, 0.25) is 5.02 Å². The molecule has 0 saturated heterocycles. The van der Waals surface area contributed by atoms with Crippen LogP contribution < -0.4 is 10.9 Å². The normalized spacial score (nSPS) is 10.5. The highest BCUT2D eigenvalue weighted by Gasteiger charge is 2.17. The first-order chi connectivity index (χ1) is 13.0. The molecule has 1 heterocycles. The maximum absolute atomic E-state index is 13.0. The van der Waals surface area contributed by atoms with Crippen molar-refractivity contribution >= 4 is 23.3 Å². The zero-order valence-electron chi connectivity index (χ0n) is 14.3. The van der Waals surface area contributed by atoms with Gasteiger partial charge in [0.1, 0.15) is 10.8 Å². The van der Waals surface area contributed by atoms with Crippen molar-refractivity contribution in [3.05, 3.63) is 87.0 Å². The molecule has 0 amide bonds. The molecule has 2 aromatic carbocycles. The molecule has 0 spiro atoms. The number of rotatable bonds is 5. The van der Waals surface area contributed by atoms with Crippen molar-refractivity contribution in [2.24, 2.45) is 0 Å². The number of aromatic nitrogens is 2. The summed E-state index contributed by atoms with van der Waals surface area (Å²) in [6.07, 6.45) is 1.39. The van der Waals surface area contributed by atoms with Gasteiger partial charge in [0.2, 0.25) is 0 Å². The number of methoxy groups -OCH3 is 1. The lowest BCUT2D eigenvalue weighted by Gasteiger charge is -2.12. The third-order valence-corrected chi connectivity index (χ3v) is 4.22. The summed E-state index contributed by atoms with van der Waals surface area (Å²) in [5.74, 6) is -0.917. The number of nitrogens with one attached hydrogen (secondary N) is 1. The number of nitrogens with zero attached hydrogens (tertiary/aromatic N) is 2. The minimum atomic E-state index is -0.589. The van der Waals surface area contributed by atoms with Crippen LogP contribution in [0.3, 0.4) is 0 Å². The van der Waals surface area contributed by atoms with Crippen LogP contribution in [-0.2, 0) is 11.3 Å². The number of hydrogen-bond donors (Lipinski definition) is 1. The Kier molecular flexibility index (Phi) is 5.52. The van der Waals surface area contributed by atoms with Crippen LogP contribution in [0.1, 0.15) is 15.9 Å². The predicted octanol–water partition coefficient (Wildman–Crippen LogP) is 3.42. The van der Waals surface area contributed by atoms with Gasteiger partial charge in [0.15, 0.2) is 0 Å². The number of hydrogen-bond acceptors (Lipinski definition) is 5. The van der Waals surface area contributed by atoms with Gasteiger partial charge in [-0.15, -0.1) is 0 Å². The topological polar surface area (TPSA) is 73.2 Å². The quantitative estimate of drug-likeness (QED) is 0.679. The molecule has 0 aliphatic rings. The lowest BCUT2D eigenvalue weighted by molar-refractivity contribution is 0.0600. The summed E-state index contributed by atoms with van der Waals surface area (Å²) in [6, 6.07) is 12.4. The molecule has 0 atom stereocenters. The third-order valence-electron chi connectivity index (χ3n) is 3.85. The fourth-order valence-corrected chi connectivity index (χ4v) is 2.66. The summed E-state index contributed by atoms with van der Waals surface area (Å²) < 4.78 is 18.7. The fraction of sp³-hybridized carbons (Fsp3) is 0.105. The smallest absolute Gasteiger partial charge is 0.340 e. The molecule has 8 heteroatoms. The Balaban J connectivity index is 1.91. The number of esters is 1. The number of anilines is 1. The van der Waals surface area contributed by atoms with E-state index in [0.717, 1.165) is 10.2 Å². The Morgan fingerprint density at radius 1 is 1.22 bits per heavy atom. The van der Waals surface area contributed by atoms with Crippen LogP contribution >= 0.6 is 11.6 Å². The van der Waals surface area contributed by atoms with Crippen molar-refractivity contribution < 1.29 is 13.9 Å². The van der Waals surface area contributed by atoms with Crippen LogP contribution in [0.25, 0.3) is 5.69 Å². The number of carbonyl (C=O) groups excluding carboxylic acids is 1. The second-order valence-electron chi connectivity index (χ2n) is 5.58. The Morgan fingerprint density at radius 2 is 1.93 bits per heavy atom. The van der Waals surface area contributed by atoms with Gasteiger partial charge in [0, 0.05) is 6.54 Å². The lowest BCUT2D eigenvalue weighted by Crippen LogP contribution is -2.24. The standard InChI is InChI=1S/C19H15ClFN3O3/c1-27-19(26)14-4-2-3-5-16(14)24-18(25)17(20)15(11-23-24)22-10-12-6-8-13(21)9-7-12/h2-9,11,22H,10H2,1H3. The van der Waals surface area contributed by atoms with Crippen molar-refractivity contribution in [2.45, 2.75) is 6.54 Å². The van der Waals surface area contributed by atoms with Crippen LogP contribution in [-0.4, -0.2) is 22.9 Å². The minimum Gasteiger partial charge on any atom is -0.465 e. The van der Waals surface area contributed by atoms with Crippen LogP contribution in [0, 0.1) is 5.82 Å². The van der Waals surface area contributed by atoms with E-state index in [1.54, 1.807) is 30.3 Å². The number of benzene rings is 2. The van der Waals surface area contributed by atoms with E-state index in [9.17, 15) is 14.0 Å². The van der Waals surface area contributed by atoms with E-state index in [1.165, 1.54) is 31.5 Å². The van der Waals surface area contributed by atoms with Gasteiger partial charge in [-0.25, -0.2) is 9.18 Å². The zero-order chi connectivity index (χ0) is 19.4. The molecular weight excluding hydrogens is 373 g/mol. The SMILES string of the molecule is COC(=O)c1ccccc1-n1ncc(NCc2ccc(F)cc2)c(Cl)c1=O. The Morgan fingerprint density at radius 3 is 2.63 bits per heavy atom. The fourth-order valence-electron chi connectivity index (χ4n) is 2.47. The number of carbonyl (C=O) groups is 1. The molecule has 0 bridgehead atoms. The van der Waals surface area contributed by atoms with Gasteiger partial charge in [0.25, 0.3) is 5.56 Å². The molecule has 1 aromatic heterocycles. The number of ether oxygens (including phenoxy) is 1. The molecule has 0 fully saturated rings. The molecule has 0 aliphatic heterocycles. The molecule has 3 aromatic rings. The van der Waals surface area contributed by atoms with Crippen LogP contribution in [0.5, 0.6) is 0 Å². The van der Waals surface area contributed by atoms with Crippen LogP contribution in [0.15, 0.2) is 59.5 Å². The van der Waals surface area contributed by atoms with Gasteiger partial charge in [-0.05, 0) is 29.8 Å². The molecule has 0 radical (unpaired) electrons. The molecule has 0 aliphatic carbocycles. The molecule has 1 N–H and O–H groups in total. The molecule has 27 heavy (non-hydrogen) atoms. The molecular formula is C19H15ClFN3O3. The first-order valence-electron chi connectivity index (χ1n) is 7.95. The summed E-state index contributed by atoms with van der Waals surface area (Å²) in [5, 5.41) is 7.02. The highest BCUT2D eigenvalue weighted by Crippen LogP contribution is 2.19. The van der Waals surface area contributed by atoms with Gasteiger partial charge in [0.05, 0.1) is 30.2 Å². The van der Waals surface area contributed by atoms with Crippen molar-refractivity contribution in [3.63, 3.8) is 0 Å². The van der Waals surface area contributed by atoms with Crippen molar-refractivity contribution in [1.82, 2.24) is 9.78 Å². The lowest BCUT2D eigenvalue weighted by atomic mass is 10.2. The maximum Gasteiger partial charge on any atom is 0.340 e. The molecule has 0 saturated carbocycles. The summed E-state index contributed by atoms with van der Waals surface area (Å²) in [5.41, 5.74) is 1.02. The number of halogens is 2. The molecule has 138 valence electrons. The van der Waals surface area contributed by atoms with E-state index >= 15 is 0 Å². The van der Waals surface area contributed by atoms with Gasteiger partial charge in [-0.3, -0.25) is 4.79 Å². The monoisotopic (exact) mass is 387 g/mol. The average Bonchev–Trinajstić information content (AvgIpc) is 2.70. The highest BCUT2D eigenvalue weighted by molar-refractivity contribution is 6.32. The molecule has 3 rings (SSSR count). The Hall–Kier alpha value is -3.19. The minimum absolute atomic E-state index is 0.0771. The van der Waals surface area contributed by atoms with Gasteiger partial charge in [-0.2, -0.15) is 9.78 Å². The van der Waals surface area contributed by atoms with Crippen molar-refractivity contribution in [2.75, 3.05) is 12.4 Å². The average molecular weight is 388 g/mol.